The average Bonchev–Trinajstić information content (AvgIpc) is 2.80. The molecule has 2 fully saturated rings. The number of nitrogens with two attached hydrogens (primary N) is 4. The fourth-order valence-electron chi connectivity index (χ4n) is 4.03. The van der Waals surface area contributed by atoms with Crippen LogP contribution in [0.2, 0.25) is 0 Å². The monoisotopic (exact) mass is 500 g/mol. The van der Waals surface area contributed by atoms with Crippen LogP contribution < -0.4 is 22.9 Å². The van der Waals surface area contributed by atoms with Crippen LogP contribution in [0.4, 0.5) is 0 Å². The normalized spacial score (nSPS) is 42.7. The van der Waals surface area contributed by atoms with Gasteiger partial charge in [0.15, 0.2) is 12.6 Å². The third kappa shape index (κ3) is 6.78. The predicted molar refractivity (Wildman–Crippen MR) is 115 cm³/mol. The lowest BCUT2D eigenvalue weighted by Gasteiger charge is -2.47. The topological polar surface area (TPSA) is 283 Å². The van der Waals surface area contributed by atoms with E-state index in [2.05, 4.69) is 0 Å². The van der Waals surface area contributed by atoms with Gasteiger partial charge >= 0.3 is 0 Å². The minimum atomic E-state index is -1.49. The van der Waals surface area contributed by atoms with Crippen LogP contribution in [0.5, 0.6) is 0 Å². The lowest BCUT2D eigenvalue weighted by Crippen LogP contribution is -2.67. The Labute approximate surface area is 197 Å². The summed E-state index contributed by atoms with van der Waals surface area (Å²) >= 11 is 0. The van der Waals surface area contributed by atoms with Gasteiger partial charge in [-0.2, -0.15) is 0 Å². The highest BCUT2D eigenvalue weighted by molar-refractivity contribution is 5.00. The van der Waals surface area contributed by atoms with Gasteiger partial charge in [0.25, 0.3) is 0 Å². The van der Waals surface area contributed by atoms with Gasteiger partial charge in [-0.25, -0.2) is 0 Å². The number of hydrogen-bond donors (Lipinski definition) is 11. The van der Waals surface area contributed by atoms with Crippen molar-refractivity contribution < 1.29 is 54.7 Å². The van der Waals surface area contributed by atoms with Gasteiger partial charge in [0, 0.05) is 18.6 Å². The minimum Gasteiger partial charge on any atom is -0.394 e. The van der Waals surface area contributed by atoms with Gasteiger partial charge < -0.3 is 77.6 Å². The molecular formula is C19H40N4O11. The molecule has 0 bridgehead atoms. The molecule has 15 N–H and O–H groups in total. The first kappa shape index (κ1) is 29.6. The Balaban J connectivity index is 2.15. The molecule has 34 heavy (non-hydrogen) atoms. The molecule has 1 aliphatic carbocycles. The lowest BCUT2D eigenvalue weighted by molar-refractivity contribution is -0.315. The van der Waals surface area contributed by atoms with Crippen molar-refractivity contribution in [3.8, 4) is 0 Å². The SMILES string of the molecule is C[C@H](O)[C@H](OC(CN)[C@@H](O)CO)O[C@@H]1C(N)C[C@@H](N)[C@@H](O[C@H]2OC(CO)[C@@H](O)[C@@H](N)C2O)C1O. The van der Waals surface area contributed by atoms with Crippen molar-refractivity contribution in [1.29, 1.82) is 0 Å². The van der Waals surface area contributed by atoms with E-state index in [9.17, 15) is 30.6 Å². The van der Waals surface area contributed by atoms with E-state index in [1.54, 1.807) is 0 Å². The number of hydrogen-bond acceptors (Lipinski definition) is 15. The van der Waals surface area contributed by atoms with Gasteiger partial charge in [0.1, 0.15) is 54.9 Å². The molecule has 2 rings (SSSR count). The molecule has 1 saturated heterocycles. The summed E-state index contributed by atoms with van der Waals surface area (Å²) in [4.78, 5) is 0. The van der Waals surface area contributed by atoms with Crippen molar-refractivity contribution in [1.82, 2.24) is 0 Å². The van der Waals surface area contributed by atoms with Crippen LogP contribution >= 0.6 is 0 Å². The van der Waals surface area contributed by atoms with E-state index in [1.165, 1.54) is 6.92 Å². The first-order chi connectivity index (χ1) is 16.0. The molecule has 0 spiro atoms. The molecule has 0 aromatic carbocycles. The second-order valence-corrected chi connectivity index (χ2v) is 8.81. The van der Waals surface area contributed by atoms with Crippen molar-refractivity contribution in [3.05, 3.63) is 0 Å². The Kier molecular flexibility index (Phi) is 11.4. The maximum Gasteiger partial charge on any atom is 0.186 e. The molecule has 202 valence electrons. The van der Waals surface area contributed by atoms with Crippen LogP contribution in [0.3, 0.4) is 0 Å². The molecule has 1 heterocycles. The van der Waals surface area contributed by atoms with E-state index in [4.69, 9.17) is 47.0 Å². The van der Waals surface area contributed by atoms with Crippen molar-refractivity contribution >= 4 is 0 Å². The Morgan fingerprint density at radius 2 is 1.59 bits per heavy atom. The zero-order valence-corrected chi connectivity index (χ0v) is 19.0. The third-order valence-electron chi connectivity index (χ3n) is 6.13. The van der Waals surface area contributed by atoms with Crippen molar-refractivity contribution in [2.75, 3.05) is 19.8 Å². The molecule has 15 heteroatoms. The highest BCUT2D eigenvalue weighted by Gasteiger charge is 2.49. The highest BCUT2D eigenvalue weighted by atomic mass is 16.7. The molecule has 14 atom stereocenters. The summed E-state index contributed by atoms with van der Waals surface area (Å²) in [7, 11) is 0. The summed E-state index contributed by atoms with van der Waals surface area (Å²) in [6, 6.07) is -2.84. The number of rotatable bonds is 11. The summed E-state index contributed by atoms with van der Waals surface area (Å²) in [5, 5.41) is 69.8. The summed E-state index contributed by atoms with van der Waals surface area (Å²) in [6.07, 6.45) is -14.2. The van der Waals surface area contributed by atoms with Crippen molar-refractivity contribution in [2.45, 2.75) is 99.0 Å². The predicted octanol–water partition coefficient (Wildman–Crippen LogP) is -6.65. The molecule has 15 nitrogen and oxygen atoms in total. The molecule has 0 aromatic heterocycles. The van der Waals surface area contributed by atoms with E-state index >= 15 is 0 Å². The van der Waals surface area contributed by atoms with Gasteiger partial charge in [-0.3, -0.25) is 0 Å². The molecule has 5 unspecified atom stereocenters. The smallest absolute Gasteiger partial charge is 0.186 e. The standard InChI is InChI=1S/C19H40N4O11/c1-6(26)18(31-10(3-20)9(27)4-24)33-16-7(21)2-8(22)17(15(16)30)34-19-14(29)12(23)13(28)11(5-25)32-19/h6-19,24-30H,2-5,20-23H2,1H3/t6-,7?,8+,9-,10?,11?,12+,13+,14?,15?,16+,17+,18+,19+/m0/s1. The van der Waals surface area contributed by atoms with Crippen LogP contribution in [0.1, 0.15) is 13.3 Å². The Hall–Kier alpha value is -0.600. The Morgan fingerprint density at radius 1 is 0.971 bits per heavy atom. The minimum absolute atomic E-state index is 0.0967. The van der Waals surface area contributed by atoms with E-state index in [1.807, 2.05) is 0 Å². The fraction of sp³-hybridized carbons (Fsp3) is 1.00. The van der Waals surface area contributed by atoms with Crippen molar-refractivity contribution in [3.63, 3.8) is 0 Å². The van der Waals surface area contributed by atoms with Crippen LogP contribution in [0.25, 0.3) is 0 Å². The van der Waals surface area contributed by atoms with Gasteiger partial charge in [0.2, 0.25) is 0 Å². The van der Waals surface area contributed by atoms with E-state index in [0.29, 0.717) is 0 Å². The second kappa shape index (κ2) is 13.1. The zero-order chi connectivity index (χ0) is 25.7. The van der Waals surface area contributed by atoms with Gasteiger partial charge in [-0.15, -0.1) is 0 Å². The van der Waals surface area contributed by atoms with Gasteiger partial charge in [-0.05, 0) is 13.3 Å². The average molecular weight is 501 g/mol. The fourth-order valence-corrected chi connectivity index (χ4v) is 4.03. The van der Waals surface area contributed by atoms with Crippen LogP contribution in [0.15, 0.2) is 0 Å². The van der Waals surface area contributed by atoms with E-state index < -0.39 is 98.9 Å². The number of ether oxygens (including phenoxy) is 4. The summed E-state index contributed by atoms with van der Waals surface area (Å²) in [5.41, 5.74) is 23.6. The van der Waals surface area contributed by atoms with Crippen LogP contribution in [-0.4, -0.2) is 141 Å². The summed E-state index contributed by atoms with van der Waals surface area (Å²) in [5.74, 6) is 0. The largest absolute Gasteiger partial charge is 0.394 e. The maximum absolute atomic E-state index is 11.0. The van der Waals surface area contributed by atoms with Crippen LogP contribution in [0, 0.1) is 0 Å². The van der Waals surface area contributed by atoms with Crippen LogP contribution in [-0.2, 0) is 18.9 Å². The van der Waals surface area contributed by atoms with Gasteiger partial charge in [0.05, 0.1) is 19.3 Å². The number of aliphatic hydroxyl groups is 7. The quantitative estimate of drug-likeness (QED) is 0.118. The van der Waals surface area contributed by atoms with Gasteiger partial charge in [-0.1, -0.05) is 0 Å². The molecule has 0 aromatic rings. The Bertz CT molecular complexity index is 607. The molecule has 1 aliphatic heterocycles. The second-order valence-electron chi connectivity index (χ2n) is 8.81. The zero-order valence-electron chi connectivity index (χ0n) is 19.0. The third-order valence-corrected chi connectivity index (χ3v) is 6.13. The maximum atomic E-state index is 11.0. The lowest BCUT2D eigenvalue weighted by atomic mass is 9.84. The molecular weight excluding hydrogens is 460 g/mol. The van der Waals surface area contributed by atoms with E-state index in [-0.39, 0.29) is 13.0 Å². The summed E-state index contributed by atoms with van der Waals surface area (Å²) in [6.45, 7) is -0.0793. The first-order valence-electron chi connectivity index (χ1n) is 11.2. The number of aliphatic hydroxyl groups excluding tert-OH is 7. The summed E-state index contributed by atoms with van der Waals surface area (Å²) < 4.78 is 22.4. The molecule has 1 saturated carbocycles. The first-order valence-corrected chi connectivity index (χ1v) is 11.2. The highest BCUT2D eigenvalue weighted by Crippen LogP contribution is 2.29. The molecule has 2 aliphatic rings. The molecule has 0 amide bonds. The molecule has 0 radical (unpaired) electrons. The van der Waals surface area contributed by atoms with E-state index in [0.717, 1.165) is 0 Å². The van der Waals surface area contributed by atoms with Crippen molar-refractivity contribution in [2.24, 2.45) is 22.9 Å². The Morgan fingerprint density at radius 3 is 2.12 bits per heavy atom.